The number of aryl methyl sites for hydroxylation is 1. The van der Waals surface area contributed by atoms with Crippen LogP contribution in [-0.2, 0) is 9.57 Å². The summed E-state index contributed by atoms with van der Waals surface area (Å²) in [7, 11) is 0. The summed E-state index contributed by atoms with van der Waals surface area (Å²) in [6, 6.07) is 7.85. The molecule has 0 aliphatic rings. The van der Waals surface area contributed by atoms with Gasteiger partial charge in [0.15, 0.2) is 0 Å². The Balaban J connectivity index is 2.65. The molecule has 1 atom stereocenters. The van der Waals surface area contributed by atoms with E-state index in [1.165, 1.54) is 0 Å². The second-order valence-electron chi connectivity index (χ2n) is 5.64. The number of hydroxylamine groups is 1. The molecule has 112 valence electrons. The predicted octanol–water partition coefficient (Wildman–Crippen LogP) is 2.84. The van der Waals surface area contributed by atoms with Crippen LogP contribution in [0.4, 0.5) is 4.79 Å². The molecule has 5 nitrogen and oxygen atoms in total. The van der Waals surface area contributed by atoms with Gasteiger partial charge in [-0.25, -0.2) is 4.79 Å². The van der Waals surface area contributed by atoms with Crippen LogP contribution in [0.1, 0.15) is 44.4 Å². The summed E-state index contributed by atoms with van der Waals surface area (Å²) in [5.74, 6) is 0. The molecule has 0 heterocycles. The molecule has 0 aromatic heterocycles. The van der Waals surface area contributed by atoms with Crippen molar-refractivity contribution < 1.29 is 14.4 Å². The Morgan fingerprint density at radius 1 is 1.35 bits per heavy atom. The zero-order valence-electron chi connectivity index (χ0n) is 12.6. The minimum Gasteiger partial charge on any atom is -0.442 e. The van der Waals surface area contributed by atoms with Crippen LogP contribution in [0.25, 0.3) is 0 Å². The fourth-order valence-corrected chi connectivity index (χ4v) is 1.80. The summed E-state index contributed by atoms with van der Waals surface area (Å²) in [5, 5.41) is 0. The van der Waals surface area contributed by atoms with Gasteiger partial charge in [0.2, 0.25) is 0 Å². The van der Waals surface area contributed by atoms with Crippen LogP contribution in [0.3, 0.4) is 0 Å². The van der Waals surface area contributed by atoms with Crippen LogP contribution >= 0.6 is 0 Å². The number of benzene rings is 1. The van der Waals surface area contributed by atoms with Crippen LogP contribution in [0, 0.1) is 6.92 Å². The van der Waals surface area contributed by atoms with E-state index in [0.29, 0.717) is 13.0 Å². The lowest BCUT2D eigenvalue weighted by Gasteiger charge is -2.22. The molecule has 0 bridgehead atoms. The first kappa shape index (κ1) is 16.5. The van der Waals surface area contributed by atoms with Gasteiger partial charge in [-0.1, -0.05) is 24.3 Å². The van der Waals surface area contributed by atoms with Crippen molar-refractivity contribution in [2.75, 3.05) is 6.54 Å². The average molecular weight is 280 g/mol. The van der Waals surface area contributed by atoms with E-state index in [1.807, 2.05) is 31.2 Å². The Morgan fingerprint density at radius 3 is 2.55 bits per heavy atom. The van der Waals surface area contributed by atoms with E-state index in [-0.39, 0.29) is 6.10 Å². The minimum absolute atomic E-state index is 0.284. The van der Waals surface area contributed by atoms with Crippen LogP contribution < -0.4 is 11.2 Å². The number of rotatable bonds is 5. The molecule has 0 saturated carbocycles. The van der Waals surface area contributed by atoms with Crippen LogP contribution in [-0.4, -0.2) is 18.2 Å². The van der Waals surface area contributed by atoms with Gasteiger partial charge in [-0.3, -0.25) is 4.84 Å². The number of carbonyl (C=O) groups is 1. The molecule has 20 heavy (non-hydrogen) atoms. The fourth-order valence-electron chi connectivity index (χ4n) is 1.80. The number of nitrogens with two attached hydrogens (primary N) is 1. The summed E-state index contributed by atoms with van der Waals surface area (Å²) in [4.78, 5) is 17.0. The Labute approximate surface area is 120 Å². The lowest BCUT2D eigenvalue weighted by atomic mass is 10.0. The first-order chi connectivity index (χ1) is 9.33. The maximum absolute atomic E-state index is 11.6. The minimum atomic E-state index is -0.604. The van der Waals surface area contributed by atoms with Crippen molar-refractivity contribution in [2.24, 2.45) is 5.73 Å². The number of hydrogen-bond donors (Lipinski definition) is 2. The van der Waals surface area contributed by atoms with Gasteiger partial charge in [-0.15, -0.1) is 0 Å². The second-order valence-corrected chi connectivity index (χ2v) is 5.64. The zero-order valence-corrected chi connectivity index (χ0v) is 12.6. The molecule has 1 amide bonds. The molecule has 0 aliphatic heterocycles. The van der Waals surface area contributed by atoms with Gasteiger partial charge >= 0.3 is 6.09 Å². The van der Waals surface area contributed by atoms with Gasteiger partial charge in [0.25, 0.3) is 0 Å². The van der Waals surface area contributed by atoms with Gasteiger partial charge in [0.05, 0.1) is 0 Å². The molecule has 1 aromatic carbocycles. The molecule has 3 N–H and O–H groups in total. The number of ether oxygens (including phenoxy) is 1. The van der Waals surface area contributed by atoms with Crippen molar-refractivity contribution in [2.45, 2.75) is 45.8 Å². The molecule has 0 aliphatic carbocycles. The molecule has 0 radical (unpaired) electrons. The van der Waals surface area contributed by atoms with Crippen molar-refractivity contribution in [1.29, 1.82) is 0 Å². The van der Waals surface area contributed by atoms with Crippen molar-refractivity contribution in [3.05, 3.63) is 35.4 Å². The Hall–Kier alpha value is -1.59. The predicted molar refractivity (Wildman–Crippen MR) is 78.0 cm³/mol. The molecule has 0 spiro atoms. The lowest BCUT2D eigenvalue weighted by molar-refractivity contribution is -0.0457. The van der Waals surface area contributed by atoms with Crippen molar-refractivity contribution in [3.8, 4) is 0 Å². The first-order valence-electron chi connectivity index (χ1n) is 6.73. The van der Waals surface area contributed by atoms with E-state index in [2.05, 4.69) is 5.48 Å². The highest BCUT2D eigenvalue weighted by Crippen LogP contribution is 2.23. The SMILES string of the molecule is Cc1ccccc1C(CCN)ONC(=O)OC(C)(C)C. The van der Waals surface area contributed by atoms with Gasteiger partial charge in [-0.2, -0.15) is 5.48 Å². The van der Waals surface area contributed by atoms with Gasteiger partial charge in [0, 0.05) is 0 Å². The van der Waals surface area contributed by atoms with Crippen LogP contribution in [0.2, 0.25) is 0 Å². The third-order valence-electron chi connectivity index (χ3n) is 2.65. The smallest absolute Gasteiger partial charge is 0.431 e. The molecule has 5 heteroatoms. The summed E-state index contributed by atoms with van der Waals surface area (Å²) in [6.45, 7) is 7.85. The van der Waals surface area contributed by atoms with E-state index in [1.54, 1.807) is 20.8 Å². The quantitative estimate of drug-likeness (QED) is 0.813. The molecular weight excluding hydrogens is 256 g/mol. The molecule has 1 unspecified atom stereocenters. The largest absolute Gasteiger partial charge is 0.442 e. The monoisotopic (exact) mass is 280 g/mol. The highest BCUT2D eigenvalue weighted by Gasteiger charge is 2.19. The first-order valence-corrected chi connectivity index (χ1v) is 6.73. The summed E-state index contributed by atoms with van der Waals surface area (Å²) < 4.78 is 5.13. The van der Waals surface area contributed by atoms with E-state index in [0.717, 1.165) is 11.1 Å². The lowest BCUT2D eigenvalue weighted by Crippen LogP contribution is -2.34. The summed E-state index contributed by atoms with van der Waals surface area (Å²) in [5.41, 5.74) is 9.48. The number of nitrogens with one attached hydrogen (secondary N) is 1. The van der Waals surface area contributed by atoms with E-state index in [9.17, 15) is 4.79 Å². The Morgan fingerprint density at radius 2 is 2.00 bits per heavy atom. The molecular formula is C15H24N2O3. The topological polar surface area (TPSA) is 73.6 Å². The standard InChI is InChI=1S/C15H24N2O3/c1-11-7-5-6-8-12(11)13(9-10-16)20-17-14(18)19-15(2,3)4/h5-8,13H,9-10,16H2,1-4H3,(H,17,18). The van der Waals surface area contributed by atoms with Crippen molar-refractivity contribution in [1.82, 2.24) is 5.48 Å². The molecule has 0 saturated heterocycles. The number of carbonyl (C=O) groups excluding carboxylic acids is 1. The maximum Gasteiger partial charge on any atom is 0.431 e. The van der Waals surface area contributed by atoms with Crippen molar-refractivity contribution >= 4 is 6.09 Å². The number of hydrogen-bond acceptors (Lipinski definition) is 4. The highest BCUT2D eigenvalue weighted by atomic mass is 16.7. The van der Waals surface area contributed by atoms with E-state index < -0.39 is 11.7 Å². The Kier molecular flexibility index (Phi) is 5.98. The summed E-state index contributed by atoms with van der Waals surface area (Å²) >= 11 is 0. The maximum atomic E-state index is 11.6. The van der Waals surface area contributed by atoms with Gasteiger partial charge < -0.3 is 10.5 Å². The fraction of sp³-hybridized carbons (Fsp3) is 0.533. The van der Waals surface area contributed by atoms with Gasteiger partial charge in [0.1, 0.15) is 11.7 Å². The molecule has 0 fully saturated rings. The molecule has 1 aromatic rings. The van der Waals surface area contributed by atoms with Crippen LogP contribution in [0.15, 0.2) is 24.3 Å². The van der Waals surface area contributed by atoms with E-state index >= 15 is 0 Å². The average Bonchev–Trinajstić information content (AvgIpc) is 2.33. The highest BCUT2D eigenvalue weighted by molar-refractivity contribution is 5.66. The summed E-state index contributed by atoms with van der Waals surface area (Å²) in [6.07, 6.45) is -0.275. The third-order valence-corrected chi connectivity index (χ3v) is 2.65. The van der Waals surface area contributed by atoms with Crippen LogP contribution in [0.5, 0.6) is 0 Å². The molecule has 1 rings (SSSR count). The van der Waals surface area contributed by atoms with Gasteiger partial charge in [-0.05, 0) is 51.8 Å². The van der Waals surface area contributed by atoms with E-state index in [4.69, 9.17) is 15.3 Å². The third kappa shape index (κ3) is 5.59. The normalized spacial score (nSPS) is 12.8. The van der Waals surface area contributed by atoms with Crippen molar-refractivity contribution in [3.63, 3.8) is 0 Å². The second kappa shape index (κ2) is 7.26. The zero-order chi connectivity index (χ0) is 15.2. The number of amides is 1. The Bertz CT molecular complexity index is 441.